The first-order valence-electron chi connectivity index (χ1n) is 7.14. The molecule has 120 valence electrons. The van der Waals surface area contributed by atoms with Crippen molar-refractivity contribution in [2.75, 3.05) is 25.9 Å². The zero-order valence-electron chi connectivity index (χ0n) is 13.1. The van der Waals surface area contributed by atoms with Gasteiger partial charge in [-0.1, -0.05) is 13.8 Å². The average molecular weight is 349 g/mol. The molecule has 0 spiro atoms. The molecule has 1 saturated heterocycles. The third-order valence-corrected chi connectivity index (χ3v) is 8.27. The Morgan fingerprint density at radius 2 is 2.10 bits per heavy atom. The maximum atomic E-state index is 12.9. The van der Waals surface area contributed by atoms with Crippen molar-refractivity contribution in [3.8, 4) is 0 Å². The molecule has 0 aliphatic carbocycles. The first-order chi connectivity index (χ1) is 9.76. The fourth-order valence-corrected chi connectivity index (χ4v) is 6.70. The van der Waals surface area contributed by atoms with E-state index >= 15 is 0 Å². The molecule has 1 aliphatic rings. The highest BCUT2D eigenvalue weighted by atomic mass is 32.2. The van der Waals surface area contributed by atoms with Gasteiger partial charge in [0, 0.05) is 39.9 Å². The van der Waals surface area contributed by atoms with E-state index in [1.54, 1.807) is 15.6 Å². The number of nitrogens with zero attached hydrogens (tertiary/aromatic N) is 1. The van der Waals surface area contributed by atoms with Crippen molar-refractivity contribution in [3.63, 3.8) is 0 Å². The Hall–Kier alpha value is -0.0800. The molecule has 0 unspecified atom stereocenters. The van der Waals surface area contributed by atoms with Crippen LogP contribution in [0.3, 0.4) is 0 Å². The summed E-state index contributed by atoms with van der Waals surface area (Å²) in [6.07, 6.45) is 0.892. The summed E-state index contributed by atoms with van der Waals surface area (Å²) in [6, 6.07) is 1.83. The SMILES string of the molecule is CNCc1cc(S(=O)(=O)N2CCSC(C)(C)CC2)c(C)s1. The molecule has 0 atom stereocenters. The number of rotatable bonds is 4. The highest BCUT2D eigenvalue weighted by Crippen LogP contribution is 2.34. The van der Waals surface area contributed by atoms with Crippen LogP contribution < -0.4 is 5.32 Å². The normalized spacial score (nSPS) is 20.4. The van der Waals surface area contributed by atoms with Crippen molar-refractivity contribution in [3.05, 3.63) is 15.8 Å². The monoisotopic (exact) mass is 348 g/mol. The zero-order chi connectivity index (χ0) is 15.7. The molecule has 1 aromatic heterocycles. The van der Waals surface area contributed by atoms with Gasteiger partial charge in [-0.2, -0.15) is 16.1 Å². The Morgan fingerprint density at radius 1 is 1.38 bits per heavy atom. The third-order valence-electron chi connectivity index (χ3n) is 3.69. The standard InChI is InChI=1S/C14H24N2O2S3/c1-11-13(9-12(20-11)10-15-4)21(17,18)16-6-5-14(2,3)19-8-7-16/h9,15H,5-8,10H2,1-4H3. The van der Waals surface area contributed by atoms with Gasteiger partial charge in [-0.15, -0.1) is 11.3 Å². The summed E-state index contributed by atoms with van der Waals surface area (Å²) >= 11 is 3.42. The predicted octanol–water partition coefficient (Wildman–Crippen LogP) is 2.68. The smallest absolute Gasteiger partial charge is 0.244 e. The molecule has 2 rings (SSSR count). The summed E-state index contributed by atoms with van der Waals surface area (Å²) in [5.74, 6) is 0.860. The fraction of sp³-hybridized carbons (Fsp3) is 0.714. The highest BCUT2D eigenvalue weighted by molar-refractivity contribution is 8.00. The van der Waals surface area contributed by atoms with Crippen LogP contribution in [0.2, 0.25) is 0 Å². The van der Waals surface area contributed by atoms with Crippen molar-refractivity contribution in [2.45, 2.75) is 43.4 Å². The number of hydrogen-bond donors (Lipinski definition) is 1. The summed E-state index contributed by atoms with van der Waals surface area (Å²) < 4.78 is 27.6. The van der Waals surface area contributed by atoms with Gasteiger partial charge in [-0.25, -0.2) is 8.42 Å². The van der Waals surface area contributed by atoms with E-state index in [1.807, 2.05) is 31.8 Å². The van der Waals surface area contributed by atoms with Crippen LogP contribution >= 0.6 is 23.1 Å². The number of thioether (sulfide) groups is 1. The topological polar surface area (TPSA) is 49.4 Å². The van der Waals surface area contributed by atoms with Gasteiger partial charge < -0.3 is 5.32 Å². The van der Waals surface area contributed by atoms with Crippen LogP contribution in [0.15, 0.2) is 11.0 Å². The highest BCUT2D eigenvalue weighted by Gasteiger charge is 2.32. The fourth-order valence-electron chi connectivity index (χ4n) is 2.42. The zero-order valence-corrected chi connectivity index (χ0v) is 15.6. The Kier molecular flexibility index (Phi) is 5.41. The second-order valence-corrected chi connectivity index (χ2v) is 11.0. The van der Waals surface area contributed by atoms with E-state index in [1.165, 1.54) is 0 Å². The van der Waals surface area contributed by atoms with Crippen LogP contribution in [0.5, 0.6) is 0 Å². The maximum Gasteiger partial charge on any atom is 0.244 e. The van der Waals surface area contributed by atoms with Crippen molar-refractivity contribution in [1.82, 2.24) is 9.62 Å². The third kappa shape index (κ3) is 4.01. The molecular formula is C14H24N2O2S3. The van der Waals surface area contributed by atoms with Gasteiger partial charge in [0.25, 0.3) is 0 Å². The summed E-state index contributed by atoms with van der Waals surface area (Å²) in [5.41, 5.74) is 0. The van der Waals surface area contributed by atoms with E-state index in [9.17, 15) is 8.42 Å². The Bertz CT molecular complexity index is 593. The minimum atomic E-state index is -3.36. The second-order valence-electron chi connectivity index (χ2n) is 5.93. The van der Waals surface area contributed by atoms with E-state index in [2.05, 4.69) is 19.2 Å². The molecule has 0 bridgehead atoms. The van der Waals surface area contributed by atoms with Crippen LogP contribution in [-0.2, 0) is 16.6 Å². The van der Waals surface area contributed by atoms with Crippen LogP contribution in [-0.4, -0.2) is 43.4 Å². The minimum absolute atomic E-state index is 0.158. The van der Waals surface area contributed by atoms with E-state index in [4.69, 9.17) is 0 Å². The van der Waals surface area contributed by atoms with Crippen LogP contribution in [0.25, 0.3) is 0 Å². The van der Waals surface area contributed by atoms with Gasteiger partial charge >= 0.3 is 0 Å². The number of thiophene rings is 1. The lowest BCUT2D eigenvalue weighted by Gasteiger charge is -2.22. The van der Waals surface area contributed by atoms with E-state index < -0.39 is 10.0 Å². The van der Waals surface area contributed by atoms with Gasteiger partial charge in [0.15, 0.2) is 0 Å². The van der Waals surface area contributed by atoms with Crippen molar-refractivity contribution >= 4 is 33.1 Å². The summed E-state index contributed by atoms with van der Waals surface area (Å²) in [6.45, 7) is 8.20. The molecule has 1 N–H and O–H groups in total. The van der Waals surface area contributed by atoms with Gasteiger partial charge in [0.05, 0.1) is 4.90 Å². The first-order valence-corrected chi connectivity index (χ1v) is 10.4. The molecule has 7 heteroatoms. The lowest BCUT2D eigenvalue weighted by Crippen LogP contribution is -2.33. The van der Waals surface area contributed by atoms with Gasteiger partial charge in [0.1, 0.15) is 0 Å². The van der Waals surface area contributed by atoms with E-state index in [0.29, 0.717) is 24.5 Å². The molecule has 2 heterocycles. The molecule has 4 nitrogen and oxygen atoms in total. The molecule has 0 radical (unpaired) electrons. The number of sulfonamides is 1. The molecular weight excluding hydrogens is 324 g/mol. The molecule has 21 heavy (non-hydrogen) atoms. The second kappa shape index (κ2) is 6.58. The van der Waals surface area contributed by atoms with Gasteiger partial charge in [0.2, 0.25) is 10.0 Å². The van der Waals surface area contributed by atoms with Gasteiger partial charge in [-0.3, -0.25) is 0 Å². The number of nitrogens with one attached hydrogen (secondary N) is 1. The van der Waals surface area contributed by atoms with Crippen LogP contribution in [0.1, 0.15) is 30.0 Å². The Balaban J connectivity index is 2.25. The molecule has 1 aliphatic heterocycles. The first kappa shape index (κ1) is 17.3. The van der Waals surface area contributed by atoms with Crippen LogP contribution in [0, 0.1) is 6.92 Å². The Labute approximate surface area is 136 Å². The summed E-state index contributed by atoms with van der Waals surface area (Å²) in [7, 11) is -1.49. The molecule has 0 aromatic carbocycles. The molecule has 0 amide bonds. The summed E-state index contributed by atoms with van der Waals surface area (Å²) in [4.78, 5) is 2.44. The lowest BCUT2D eigenvalue weighted by molar-refractivity contribution is 0.415. The largest absolute Gasteiger partial charge is 0.315 e. The predicted molar refractivity (Wildman–Crippen MR) is 91.7 cm³/mol. The quantitative estimate of drug-likeness (QED) is 0.909. The van der Waals surface area contributed by atoms with Crippen LogP contribution in [0.4, 0.5) is 0 Å². The van der Waals surface area contributed by atoms with Crippen molar-refractivity contribution in [1.29, 1.82) is 0 Å². The van der Waals surface area contributed by atoms with E-state index in [0.717, 1.165) is 21.9 Å². The average Bonchev–Trinajstić information content (AvgIpc) is 2.64. The van der Waals surface area contributed by atoms with Crippen molar-refractivity contribution < 1.29 is 8.42 Å². The lowest BCUT2D eigenvalue weighted by atomic mass is 10.1. The summed E-state index contributed by atoms with van der Waals surface area (Å²) in [5, 5.41) is 3.07. The maximum absolute atomic E-state index is 12.9. The molecule has 1 aromatic rings. The van der Waals surface area contributed by atoms with Gasteiger partial charge in [-0.05, 0) is 26.5 Å². The number of hydrogen-bond acceptors (Lipinski definition) is 5. The molecule has 0 saturated carbocycles. The number of aryl methyl sites for hydroxylation is 1. The molecule has 1 fully saturated rings. The Morgan fingerprint density at radius 3 is 2.76 bits per heavy atom. The van der Waals surface area contributed by atoms with Crippen molar-refractivity contribution in [2.24, 2.45) is 0 Å². The van der Waals surface area contributed by atoms with E-state index in [-0.39, 0.29) is 4.75 Å². The minimum Gasteiger partial charge on any atom is -0.315 e.